The Hall–Kier alpha value is -1.89. The van der Waals surface area contributed by atoms with Gasteiger partial charge in [0.25, 0.3) is 5.56 Å². The number of hydrogen-bond acceptors (Lipinski definition) is 4. The van der Waals surface area contributed by atoms with E-state index in [1.165, 1.54) is 9.13 Å². The molecule has 0 unspecified atom stereocenters. The average Bonchev–Trinajstić information content (AvgIpc) is 3.18. The Bertz CT molecular complexity index is 846. The van der Waals surface area contributed by atoms with Crippen LogP contribution in [0.25, 0.3) is 11.2 Å². The van der Waals surface area contributed by atoms with Gasteiger partial charge in [0.15, 0.2) is 11.2 Å². The summed E-state index contributed by atoms with van der Waals surface area (Å²) in [5.74, 6) is 1.26. The highest BCUT2D eigenvalue weighted by Crippen LogP contribution is 2.40. The first-order valence-corrected chi connectivity index (χ1v) is 7.73. The predicted molar refractivity (Wildman–Crippen MR) is 85.1 cm³/mol. The van der Waals surface area contributed by atoms with E-state index in [2.05, 4.69) is 4.98 Å². The summed E-state index contributed by atoms with van der Waals surface area (Å²) in [5, 5.41) is 0. The van der Waals surface area contributed by atoms with E-state index in [1.54, 1.807) is 14.0 Å². The molecule has 0 spiro atoms. The smallest absolute Gasteiger partial charge is 0.324 e. The van der Waals surface area contributed by atoms with Gasteiger partial charge in [0.05, 0.1) is 0 Å². The zero-order valence-corrected chi connectivity index (χ0v) is 13.6. The summed E-state index contributed by atoms with van der Waals surface area (Å²) in [6.45, 7) is 6.50. The first-order chi connectivity index (χ1) is 10.2. The highest BCUT2D eigenvalue weighted by Gasteiger charge is 2.32. The van der Waals surface area contributed by atoms with E-state index in [0.29, 0.717) is 30.2 Å². The van der Waals surface area contributed by atoms with Crippen molar-refractivity contribution >= 4 is 11.2 Å². The van der Waals surface area contributed by atoms with Gasteiger partial charge in [-0.05, 0) is 33.6 Å². The van der Waals surface area contributed by atoms with Gasteiger partial charge in [-0.3, -0.25) is 13.9 Å². The van der Waals surface area contributed by atoms with Crippen LogP contribution in [0.4, 0.5) is 0 Å². The SMILES string of the molecule is CCn1c(=O)c2c(nc(C3CC3)n2CC(C)(C)N)n(C)c1=O. The molecule has 2 N–H and O–H groups in total. The van der Waals surface area contributed by atoms with Crippen molar-refractivity contribution < 1.29 is 0 Å². The molecule has 0 saturated heterocycles. The van der Waals surface area contributed by atoms with Crippen LogP contribution in [0.1, 0.15) is 45.4 Å². The Labute approximate surface area is 128 Å². The van der Waals surface area contributed by atoms with Crippen LogP contribution in [0, 0.1) is 0 Å². The van der Waals surface area contributed by atoms with Crippen molar-refractivity contribution in [1.82, 2.24) is 18.7 Å². The van der Waals surface area contributed by atoms with E-state index in [9.17, 15) is 9.59 Å². The largest absolute Gasteiger partial charge is 0.332 e. The molecule has 0 bridgehead atoms. The Morgan fingerprint density at radius 1 is 1.27 bits per heavy atom. The quantitative estimate of drug-likeness (QED) is 0.892. The average molecular weight is 305 g/mol. The number of imidazole rings is 1. The van der Waals surface area contributed by atoms with Gasteiger partial charge < -0.3 is 10.3 Å². The van der Waals surface area contributed by atoms with Crippen LogP contribution in [0.15, 0.2) is 9.59 Å². The lowest BCUT2D eigenvalue weighted by atomic mass is 10.1. The lowest BCUT2D eigenvalue weighted by Crippen LogP contribution is -2.41. The summed E-state index contributed by atoms with van der Waals surface area (Å²) in [7, 11) is 1.66. The molecule has 2 heterocycles. The molecule has 1 fully saturated rings. The number of fused-ring (bicyclic) bond motifs is 1. The standard InChI is InChI=1S/C15H23N5O2/c1-5-19-13(21)10-12(18(4)14(19)22)17-11(9-6-7-9)20(10)8-15(2,3)16/h9H,5-8,16H2,1-4H3. The molecule has 0 aromatic carbocycles. The van der Waals surface area contributed by atoms with Gasteiger partial charge in [0, 0.05) is 31.6 Å². The van der Waals surface area contributed by atoms with Crippen LogP contribution in [-0.2, 0) is 20.1 Å². The van der Waals surface area contributed by atoms with Crippen molar-refractivity contribution in [1.29, 1.82) is 0 Å². The molecule has 0 aliphatic heterocycles. The first kappa shape index (κ1) is 15.0. The van der Waals surface area contributed by atoms with E-state index >= 15 is 0 Å². The summed E-state index contributed by atoms with van der Waals surface area (Å²) < 4.78 is 4.65. The minimum absolute atomic E-state index is 0.274. The van der Waals surface area contributed by atoms with Gasteiger partial charge in [-0.15, -0.1) is 0 Å². The predicted octanol–water partition coefficient (Wildman–Crippen LogP) is 0.531. The van der Waals surface area contributed by atoms with E-state index in [0.717, 1.165) is 18.7 Å². The van der Waals surface area contributed by atoms with Crippen LogP contribution in [-0.4, -0.2) is 24.2 Å². The third-order valence-electron chi connectivity index (χ3n) is 4.09. The Kier molecular flexibility index (Phi) is 3.28. The molecule has 22 heavy (non-hydrogen) atoms. The van der Waals surface area contributed by atoms with Gasteiger partial charge in [-0.2, -0.15) is 0 Å². The van der Waals surface area contributed by atoms with E-state index in [4.69, 9.17) is 5.73 Å². The molecule has 1 aliphatic rings. The van der Waals surface area contributed by atoms with E-state index in [1.807, 2.05) is 18.4 Å². The highest BCUT2D eigenvalue weighted by atomic mass is 16.2. The van der Waals surface area contributed by atoms with Crippen LogP contribution >= 0.6 is 0 Å². The second-order valence-electron chi connectivity index (χ2n) is 6.88. The second kappa shape index (κ2) is 4.81. The maximum Gasteiger partial charge on any atom is 0.332 e. The van der Waals surface area contributed by atoms with Crippen molar-refractivity contribution in [3.05, 3.63) is 26.7 Å². The maximum atomic E-state index is 12.7. The number of nitrogens with two attached hydrogens (primary N) is 1. The van der Waals surface area contributed by atoms with Crippen molar-refractivity contribution in [3.63, 3.8) is 0 Å². The molecule has 7 heteroatoms. The fraction of sp³-hybridized carbons (Fsp3) is 0.667. The van der Waals surface area contributed by atoms with Crippen molar-refractivity contribution in [2.24, 2.45) is 12.8 Å². The minimum atomic E-state index is -0.463. The van der Waals surface area contributed by atoms with Crippen LogP contribution in [0.2, 0.25) is 0 Å². The van der Waals surface area contributed by atoms with Crippen LogP contribution < -0.4 is 17.0 Å². The van der Waals surface area contributed by atoms with E-state index < -0.39 is 5.54 Å². The number of nitrogens with zero attached hydrogens (tertiary/aromatic N) is 4. The van der Waals surface area contributed by atoms with Crippen LogP contribution in [0.3, 0.4) is 0 Å². The molecule has 2 aromatic heterocycles. The summed E-state index contributed by atoms with van der Waals surface area (Å²) in [6.07, 6.45) is 2.15. The zero-order valence-electron chi connectivity index (χ0n) is 13.6. The van der Waals surface area contributed by atoms with Crippen molar-refractivity contribution in [3.8, 4) is 0 Å². The van der Waals surface area contributed by atoms with Gasteiger partial charge in [-0.1, -0.05) is 0 Å². The summed E-state index contributed by atoms with van der Waals surface area (Å²) in [6, 6.07) is 0. The van der Waals surface area contributed by atoms with Crippen molar-refractivity contribution in [2.45, 2.75) is 58.2 Å². The third-order valence-corrected chi connectivity index (χ3v) is 4.09. The molecule has 7 nitrogen and oxygen atoms in total. The number of aryl methyl sites for hydroxylation is 1. The molecule has 3 rings (SSSR count). The number of rotatable bonds is 4. The molecular weight excluding hydrogens is 282 g/mol. The molecule has 120 valence electrons. The minimum Gasteiger partial charge on any atom is -0.324 e. The second-order valence-corrected chi connectivity index (χ2v) is 6.88. The van der Waals surface area contributed by atoms with E-state index in [-0.39, 0.29) is 11.2 Å². The van der Waals surface area contributed by atoms with Gasteiger partial charge >= 0.3 is 5.69 Å². The fourth-order valence-electron chi connectivity index (χ4n) is 2.89. The normalized spacial score (nSPS) is 15.7. The molecule has 0 amide bonds. The number of aromatic nitrogens is 4. The summed E-state index contributed by atoms with van der Waals surface area (Å²) in [4.78, 5) is 29.6. The lowest BCUT2D eigenvalue weighted by Gasteiger charge is -2.21. The molecule has 0 radical (unpaired) electrons. The Balaban J connectivity index is 2.40. The molecule has 1 aliphatic carbocycles. The monoisotopic (exact) mass is 305 g/mol. The topological polar surface area (TPSA) is 87.8 Å². The van der Waals surface area contributed by atoms with Gasteiger partial charge in [0.2, 0.25) is 0 Å². The fourth-order valence-corrected chi connectivity index (χ4v) is 2.89. The lowest BCUT2D eigenvalue weighted by molar-refractivity contribution is 0.430. The molecule has 1 saturated carbocycles. The van der Waals surface area contributed by atoms with Crippen molar-refractivity contribution in [2.75, 3.05) is 0 Å². The zero-order chi connectivity index (χ0) is 16.2. The third kappa shape index (κ3) is 2.29. The molecular formula is C15H23N5O2. The van der Waals surface area contributed by atoms with Gasteiger partial charge in [0.1, 0.15) is 5.82 Å². The summed E-state index contributed by atoms with van der Waals surface area (Å²) >= 11 is 0. The Morgan fingerprint density at radius 2 is 1.91 bits per heavy atom. The molecule has 2 aromatic rings. The maximum absolute atomic E-state index is 12.7. The summed E-state index contributed by atoms with van der Waals surface area (Å²) in [5.41, 5.74) is 6.07. The first-order valence-electron chi connectivity index (χ1n) is 7.73. The highest BCUT2D eigenvalue weighted by molar-refractivity contribution is 5.71. The Morgan fingerprint density at radius 3 is 2.41 bits per heavy atom. The van der Waals surface area contributed by atoms with Gasteiger partial charge in [-0.25, -0.2) is 9.78 Å². The molecule has 0 atom stereocenters. The number of hydrogen-bond donors (Lipinski definition) is 1. The van der Waals surface area contributed by atoms with Crippen LogP contribution in [0.5, 0.6) is 0 Å².